The van der Waals surface area contributed by atoms with Crippen LogP contribution in [0.4, 0.5) is 0 Å². The average Bonchev–Trinajstić information content (AvgIpc) is 2.96. The lowest BCUT2D eigenvalue weighted by Crippen LogP contribution is -2.26. The van der Waals surface area contributed by atoms with Crippen molar-refractivity contribution in [3.8, 4) is 5.75 Å². The van der Waals surface area contributed by atoms with E-state index in [0.29, 0.717) is 5.75 Å². The van der Waals surface area contributed by atoms with E-state index >= 15 is 0 Å². The van der Waals surface area contributed by atoms with Gasteiger partial charge in [-0.05, 0) is 32.4 Å². The second kappa shape index (κ2) is 5.35. The van der Waals surface area contributed by atoms with Crippen molar-refractivity contribution >= 4 is 11.3 Å². The van der Waals surface area contributed by atoms with Crippen molar-refractivity contribution in [2.75, 3.05) is 7.11 Å². The van der Waals surface area contributed by atoms with Gasteiger partial charge in [-0.25, -0.2) is 0 Å². The Morgan fingerprint density at radius 2 is 2.21 bits per heavy atom. The molecule has 0 aliphatic carbocycles. The van der Waals surface area contributed by atoms with Gasteiger partial charge in [0.1, 0.15) is 11.3 Å². The molecule has 4 nitrogen and oxygen atoms in total. The van der Waals surface area contributed by atoms with Gasteiger partial charge in [-0.15, -0.1) is 11.3 Å². The van der Waals surface area contributed by atoms with Gasteiger partial charge in [-0.1, -0.05) is 6.92 Å². The van der Waals surface area contributed by atoms with E-state index in [9.17, 15) is 5.11 Å². The van der Waals surface area contributed by atoms with E-state index in [1.165, 1.54) is 4.88 Å². The number of hydrogen-bond donors (Lipinski definition) is 1. The van der Waals surface area contributed by atoms with Crippen LogP contribution < -0.4 is 4.74 Å². The van der Waals surface area contributed by atoms with Crippen LogP contribution >= 0.6 is 11.3 Å². The molecule has 104 valence electrons. The highest BCUT2D eigenvalue weighted by molar-refractivity contribution is 7.12. The molecular weight excluding hydrogens is 260 g/mol. The third kappa shape index (κ3) is 2.53. The first-order valence-electron chi connectivity index (χ1n) is 6.40. The summed E-state index contributed by atoms with van der Waals surface area (Å²) in [5.41, 5.74) is -0.366. The zero-order valence-corrected chi connectivity index (χ0v) is 12.6. The maximum atomic E-state index is 10.9. The zero-order chi connectivity index (χ0) is 14.0. The number of aromatic nitrogens is 2. The fourth-order valence-corrected chi connectivity index (χ4v) is 3.12. The number of methoxy groups -OCH3 is 1. The molecule has 0 saturated heterocycles. The summed E-state index contributed by atoms with van der Waals surface area (Å²) in [5.74, 6) is 0.629. The van der Waals surface area contributed by atoms with Gasteiger partial charge in [0.2, 0.25) is 0 Å². The minimum atomic E-state index is -1.09. The summed E-state index contributed by atoms with van der Waals surface area (Å²) >= 11 is 1.59. The van der Waals surface area contributed by atoms with Crippen LogP contribution in [-0.2, 0) is 12.1 Å². The molecule has 0 bridgehead atoms. The molecule has 0 aromatic carbocycles. The van der Waals surface area contributed by atoms with Gasteiger partial charge in [0.15, 0.2) is 5.75 Å². The Kier molecular flexibility index (Phi) is 3.96. The maximum absolute atomic E-state index is 10.9. The molecule has 0 aliphatic rings. The first-order chi connectivity index (χ1) is 9.00. The standard InChI is InChI=1S/C14H20N2O2S/c1-5-8-16-13(11(18-4)9-15-16)14(3,17)12-7-6-10(2)19-12/h6-7,9,17H,5,8H2,1-4H3. The minimum Gasteiger partial charge on any atom is -0.493 e. The van der Waals surface area contributed by atoms with Crippen molar-refractivity contribution in [1.29, 1.82) is 0 Å². The van der Waals surface area contributed by atoms with Gasteiger partial charge >= 0.3 is 0 Å². The summed E-state index contributed by atoms with van der Waals surface area (Å²) in [4.78, 5) is 2.08. The Labute approximate surface area is 117 Å². The first kappa shape index (κ1) is 14.1. The van der Waals surface area contributed by atoms with Crippen molar-refractivity contribution in [2.24, 2.45) is 0 Å². The highest BCUT2D eigenvalue weighted by atomic mass is 32.1. The van der Waals surface area contributed by atoms with E-state index in [-0.39, 0.29) is 0 Å². The van der Waals surface area contributed by atoms with Gasteiger partial charge in [0.25, 0.3) is 0 Å². The van der Waals surface area contributed by atoms with Gasteiger partial charge < -0.3 is 9.84 Å². The molecule has 0 radical (unpaired) electrons. The fraction of sp³-hybridized carbons (Fsp3) is 0.500. The minimum absolute atomic E-state index is 0.629. The second-order valence-corrected chi connectivity index (χ2v) is 6.06. The highest BCUT2D eigenvalue weighted by Crippen LogP contribution is 2.38. The van der Waals surface area contributed by atoms with Crippen molar-refractivity contribution in [2.45, 2.75) is 39.3 Å². The van der Waals surface area contributed by atoms with Crippen LogP contribution in [0.25, 0.3) is 0 Å². The van der Waals surface area contributed by atoms with Gasteiger partial charge in [0.05, 0.1) is 13.3 Å². The Balaban J connectivity index is 2.52. The van der Waals surface area contributed by atoms with Crippen LogP contribution in [0.15, 0.2) is 18.3 Å². The molecule has 5 heteroatoms. The number of thiophene rings is 1. The van der Waals surface area contributed by atoms with Gasteiger partial charge in [-0.2, -0.15) is 5.10 Å². The summed E-state index contributed by atoms with van der Waals surface area (Å²) < 4.78 is 7.18. The van der Waals surface area contributed by atoms with E-state index < -0.39 is 5.60 Å². The molecule has 1 N–H and O–H groups in total. The molecule has 2 aromatic heterocycles. The topological polar surface area (TPSA) is 47.3 Å². The Hall–Kier alpha value is -1.33. The molecule has 19 heavy (non-hydrogen) atoms. The molecule has 1 unspecified atom stereocenters. The van der Waals surface area contributed by atoms with Crippen LogP contribution in [0.3, 0.4) is 0 Å². The Morgan fingerprint density at radius 1 is 1.47 bits per heavy atom. The predicted molar refractivity (Wildman–Crippen MR) is 76.8 cm³/mol. The van der Waals surface area contributed by atoms with E-state index in [1.54, 1.807) is 31.6 Å². The van der Waals surface area contributed by atoms with Crippen LogP contribution in [0.2, 0.25) is 0 Å². The number of aliphatic hydroxyl groups is 1. The molecule has 0 aliphatic heterocycles. The third-order valence-corrected chi connectivity index (χ3v) is 4.35. The summed E-state index contributed by atoms with van der Waals surface area (Å²) in [6.45, 7) is 6.68. The molecule has 0 amide bonds. The summed E-state index contributed by atoms with van der Waals surface area (Å²) in [7, 11) is 1.60. The van der Waals surface area contributed by atoms with Crippen molar-refractivity contribution in [1.82, 2.24) is 9.78 Å². The van der Waals surface area contributed by atoms with Crippen molar-refractivity contribution < 1.29 is 9.84 Å². The molecule has 0 fully saturated rings. The zero-order valence-electron chi connectivity index (χ0n) is 11.8. The largest absolute Gasteiger partial charge is 0.493 e. The van der Waals surface area contributed by atoms with Gasteiger partial charge in [0, 0.05) is 16.3 Å². The lowest BCUT2D eigenvalue weighted by Gasteiger charge is -2.24. The quantitative estimate of drug-likeness (QED) is 0.916. The number of ether oxygens (including phenoxy) is 1. The molecule has 0 saturated carbocycles. The molecule has 1 atom stereocenters. The second-order valence-electron chi connectivity index (χ2n) is 4.77. The Morgan fingerprint density at radius 3 is 2.74 bits per heavy atom. The number of rotatable bonds is 5. The molecule has 0 spiro atoms. The van der Waals surface area contributed by atoms with Crippen LogP contribution in [0, 0.1) is 6.92 Å². The summed E-state index contributed by atoms with van der Waals surface area (Å²) in [6.07, 6.45) is 2.62. The smallest absolute Gasteiger partial charge is 0.163 e. The maximum Gasteiger partial charge on any atom is 0.163 e. The molecule has 2 rings (SSSR count). The van der Waals surface area contributed by atoms with Crippen LogP contribution in [-0.4, -0.2) is 22.0 Å². The van der Waals surface area contributed by atoms with E-state index in [1.807, 2.05) is 23.7 Å². The molecular formula is C14H20N2O2S. The number of hydrogen-bond acceptors (Lipinski definition) is 4. The number of nitrogens with zero attached hydrogens (tertiary/aromatic N) is 2. The fourth-order valence-electron chi connectivity index (χ4n) is 2.20. The molecule has 2 aromatic rings. The monoisotopic (exact) mass is 280 g/mol. The average molecular weight is 280 g/mol. The van der Waals surface area contributed by atoms with E-state index in [2.05, 4.69) is 12.0 Å². The molecule has 2 heterocycles. The highest BCUT2D eigenvalue weighted by Gasteiger charge is 2.34. The van der Waals surface area contributed by atoms with Crippen LogP contribution in [0.5, 0.6) is 5.75 Å². The van der Waals surface area contributed by atoms with Crippen molar-refractivity contribution in [3.05, 3.63) is 33.8 Å². The van der Waals surface area contributed by atoms with E-state index in [0.717, 1.165) is 23.5 Å². The van der Waals surface area contributed by atoms with Crippen LogP contribution in [0.1, 0.15) is 35.7 Å². The lowest BCUT2D eigenvalue weighted by molar-refractivity contribution is 0.0920. The Bertz CT molecular complexity index is 558. The lowest BCUT2D eigenvalue weighted by atomic mass is 9.99. The van der Waals surface area contributed by atoms with Crippen molar-refractivity contribution in [3.63, 3.8) is 0 Å². The van der Waals surface area contributed by atoms with Gasteiger partial charge in [-0.3, -0.25) is 4.68 Å². The van der Waals surface area contributed by atoms with E-state index in [4.69, 9.17) is 4.74 Å². The predicted octanol–water partition coefficient (Wildman–Crippen LogP) is 2.93. The SMILES string of the molecule is CCCn1ncc(OC)c1C(C)(O)c1ccc(C)s1. The summed E-state index contributed by atoms with van der Waals surface area (Å²) in [6, 6.07) is 3.98. The first-order valence-corrected chi connectivity index (χ1v) is 7.22. The number of aryl methyl sites for hydroxylation is 2. The summed E-state index contributed by atoms with van der Waals surface area (Å²) in [5, 5.41) is 15.3. The third-order valence-electron chi connectivity index (χ3n) is 3.14. The normalized spacial score (nSPS) is 14.4.